The Morgan fingerprint density at radius 2 is 2.15 bits per heavy atom. The summed E-state index contributed by atoms with van der Waals surface area (Å²) in [6, 6.07) is 9.26. The van der Waals surface area contributed by atoms with E-state index in [4.69, 9.17) is 15.0 Å². The van der Waals surface area contributed by atoms with Gasteiger partial charge in [0.2, 0.25) is 5.88 Å². The van der Waals surface area contributed by atoms with Gasteiger partial charge in [0.25, 0.3) is 0 Å². The number of anilines is 1. The van der Waals surface area contributed by atoms with Crippen LogP contribution in [0.4, 0.5) is 5.88 Å². The second-order valence-corrected chi connectivity index (χ2v) is 4.10. The molecule has 0 unspecified atom stereocenters. The van der Waals surface area contributed by atoms with Crippen molar-refractivity contribution in [2.75, 3.05) is 12.8 Å². The van der Waals surface area contributed by atoms with Gasteiger partial charge >= 0.3 is 0 Å². The molecule has 2 heterocycles. The molecule has 1 aromatic carbocycles. The average Bonchev–Trinajstić information content (AvgIpc) is 2.90. The van der Waals surface area contributed by atoms with Gasteiger partial charge in [-0.2, -0.15) is 0 Å². The van der Waals surface area contributed by atoms with E-state index in [0.29, 0.717) is 17.0 Å². The van der Waals surface area contributed by atoms with Crippen molar-refractivity contribution in [3.8, 4) is 28.3 Å². The highest BCUT2D eigenvalue weighted by atomic mass is 16.5. The molecule has 20 heavy (non-hydrogen) atoms. The summed E-state index contributed by atoms with van der Waals surface area (Å²) in [5, 5.41) is 4.02. The molecule has 100 valence electrons. The smallest absolute Gasteiger partial charge is 0.232 e. The van der Waals surface area contributed by atoms with Gasteiger partial charge in [0.1, 0.15) is 17.8 Å². The monoisotopic (exact) mass is 268 g/mol. The predicted molar refractivity (Wildman–Crippen MR) is 73.9 cm³/mol. The van der Waals surface area contributed by atoms with E-state index in [1.165, 1.54) is 6.33 Å². The largest absolute Gasteiger partial charge is 0.497 e. The number of nitrogens with two attached hydrogens (primary N) is 1. The fourth-order valence-corrected chi connectivity index (χ4v) is 1.96. The zero-order valence-electron chi connectivity index (χ0n) is 10.8. The molecule has 0 saturated carbocycles. The summed E-state index contributed by atoms with van der Waals surface area (Å²) in [6.07, 6.45) is 3.10. The molecule has 0 spiro atoms. The van der Waals surface area contributed by atoms with Crippen LogP contribution in [-0.4, -0.2) is 22.2 Å². The van der Waals surface area contributed by atoms with Crippen LogP contribution in [0.5, 0.6) is 5.75 Å². The van der Waals surface area contributed by atoms with Gasteiger partial charge in [0.15, 0.2) is 0 Å². The Hall–Kier alpha value is -2.89. The summed E-state index contributed by atoms with van der Waals surface area (Å²) in [6.45, 7) is 0. The van der Waals surface area contributed by atoms with Crippen LogP contribution in [0.3, 0.4) is 0 Å². The van der Waals surface area contributed by atoms with Crippen LogP contribution in [0.15, 0.2) is 47.4 Å². The highest BCUT2D eigenvalue weighted by molar-refractivity contribution is 5.85. The summed E-state index contributed by atoms with van der Waals surface area (Å²) >= 11 is 0. The van der Waals surface area contributed by atoms with E-state index in [-0.39, 0.29) is 5.88 Å². The highest BCUT2D eigenvalue weighted by Gasteiger charge is 2.18. The number of nitrogen functional groups attached to an aromatic ring is 1. The molecule has 2 aromatic heterocycles. The standard InChI is InChI=1S/C14H12N4O2/c1-19-10-4-2-3-9(7-10)13-12(14(15)20-18-13)11-5-6-16-8-17-11/h2-8H,15H2,1H3. The number of ether oxygens (including phenoxy) is 1. The van der Waals surface area contributed by atoms with E-state index >= 15 is 0 Å². The summed E-state index contributed by atoms with van der Waals surface area (Å²) in [5.41, 5.74) is 8.65. The van der Waals surface area contributed by atoms with Gasteiger partial charge in [-0.05, 0) is 18.2 Å². The van der Waals surface area contributed by atoms with Crippen LogP contribution >= 0.6 is 0 Å². The zero-order chi connectivity index (χ0) is 13.9. The molecule has 0 aliphatic rings. The summed E-state index contributed by atoms with van der Waals surface area (Å²) in [4.78, 5) is 8.08. The van der Waals surface area contributed by atoms with E-state index in [1.54, 1.807) is 19.4 Å². The molecule has 0 bridgehead atoms. The molecule has 0 radical (unpaired) electrons. The first-order valence-corrected chi connectivity index (χ1v) is 5.95. The van der Waals surface area contributed by atoms with Gasteiger partial charge in [0, 0.05) is 11.8 Å². The molecular weight excluding hydrogens is 256 g/mol. The van der Waals surface area contributed by atoms with Crippen molar-refractivity contribution >= 4 is 5.88 Å². The zero-order valence-corrected chi connectivity index (χ0v) is 10.8. The van der Waals surface area contributed by atoms with Crippen molar-refractivity contribution in [1.82, 2.24) is 15.1 Å². The molecule has 0 aliphatic carbocycles. The number of methoxy groups -OCH3 is 1. The third-order valence-electron chi connectivity index (χ3n) is 2.90. The van der Waals surface area contributed by atoms with E-state index in [2.05, 4.69) is 15.1 Å². The van der Waals surface area contributed by atoms with Crippen molar-refractivity contribution in [2.45, 2.75) is 0 Å². The number of hydrogen-bond donors (Lipinski definition) is 1. The molecule has 6 nitrogen and oxygen atoms in total. The summed E-state index contributed by atoms with van der Waals surface area (Å²) in [5.74, 6) is 0.958. The lowest BCUT2D eigenvalue weighted by molar-refractivity contribution is 0.415. The maximum absolute atomic E-state index is 5.86. The third-order valence-corrected chi connectivity index (χ3v) is 2.90. The second-order valence-electron chi connectivity index (χ2n) is 4.10. The predicted octanol–water partition coefficient (Wildman–Crippen LogP) is 2.39. The van der Waals surface area contributed by atoms with Gasteiger partial charge in [-0.3, -0.25) is 0 Å². The Labute approximate surface area is 115 Å². The lowest BCUT2D eigenvalue weighted by atomic mass is 10.0. The topological polar surface area (TPSA) is 87.1 Å². The molecule has 0 atom stereocenters. The van der Waals surface area contributed by atoms with Gasteiger partial charge in [-0.25, -0.2) is 9.97 Å². The minimum absolute atomic E-state index is 0.224. The van der Waals surface area contributed by atoms with Gasteiger partial charge in [-0.15, -0.1) is 0 Å². The van der Waals surface area contributed by atoms with Crippen molar-refractivity contribution in [3.63, 3.8) is 0 Å². The van der Waals surface area contributed by atoms with Gasteiger partial charge in [0.05, 0.1) is 18.4 Å². The Morgan fingerprint density at radius 3 is 2.90 bits per heavy atom. The Kier molecular flexibility index (Phi) is 3.04. The lowest BCUT2D eigenvalue weighted by Gasteiger charge is -2.04. The van der Waals surface area contributed by atoms with Crippen LogP contribution in [0.2, 0.25) is 0 Å². The first-order chi connectivity index (χ1) is 9.79. The van der Waals surface area contributed by atoms with Crippen molar-refractivity contribution in [2.24, 2.45) is 0 Å². The molecule has 3 rings (SSSR count). The molecule has 0 saturated heterocycles. The van der Waals surface area contributed by atoms with Crippen molar-refractivity contribution in [3.05, 3.63) is 42.9 Å². The summed E-state index contributed by atoms with van der Waals surface area (Å²) in [7, 11) is 1.61. The second kappa shape index (κ2) is 5.00. The molecular formula is C14H12N4O2. The summed E-state index contributed by atoms with van der Waals surface area (Å²) < 4.78 is 10.3. The Bertz CT molecular complexity index is 725. The fraction of sp³-hybridized carbons (Fsp3) is 0.0714. The molecule has 0 fully saturated rings. The molecule has 2 N–H and O–H groups in total. The fourth-order valence-electron chi connectivity index (χ4n) is 1.96. The Morgan fingerprint density at radius 1 is 1.25 bits per heavy atom. The quantitative estimate of drug-likeness (QED) is 0.784. The average molecular weight is 268 g/mol. The lowest BCUT2D eigenvalue weighted by Crippen LogP contribution is -1.91. The van der Waals surface area contributed by atoms with E-state index in [0.717, 1.165) is 11.3 Å². The number of aromatic nitrogens is 3. The SMILES string of the molecule is COc1cccc(-c2noc(N)c2-c2ccncn2)c1. The van der Waals surface area contributed by atoms with Gasteiger partial charge in [-0.1, -0.05) is 17.3 Å². The minimum atomic E-state index is 0.224. The first kappa shape index (κ1) is 12.2. The van der Waals surface area contributed by atoms with E-state index in [1.807, 2.05) is 24.3 Å². The van der Waals surface area contributed by atoms with Crippen molar-refractivity contribution in [1.29, 1.82) is 0 Å². The van der Waals surface area contributed by atoms with Crippen LogP contribution in [0.25, 0.3) is 22.5 Å². The van der Waals surface area contributed by atoms with Crippen molar-refractivity contribution < 1.29 is 9.26 Å². The number of benzene rings is 1. The number of nitrogens with zero attached hydrogens (tertiary/aromatic N) is 3. The van der Waals surface area contributed by atoms with Crippen LogP contribution < -0.4 is 10.5 Å². The van der Waals surface area contributed by atoms with E-state index in [9.17, 15) is 0 Å². The van der Waals surface area contributed by atoms with Crippen LogP contribution in [-0.2, 0) is 0 Å². The normalized spacial score (nSPS) is 10.4. The molecule has 0 aliphatic heterocycles. The highest BCUT2D eigenvalue weighted by Crippen LogP contribution is 2.35. The first-order valence-electron chi connectivity index (χ1n) is 5.95. The maximum Gasteiger partial charge on any atom is 0.232 e. The van der Waals surface area contributed by atoms with Gasteiger partial charge < -0.3 is 15.0 Å². The maximum atomic E-state index is 5.86. The minimum Gasteiger partial charge on any atom is -0.497 e. The van der Waals surface area contributed by atoms with E-state index < -0.39 is 0 Å². The Balaban J connectivity index is 2.16. The number of rotatable bonds is 3. The molecule has 0 amide bonds. The molecule has 6 heteroatoms. The number of hydrogen-bond acceptors (Lipinski definition) is 6. The molecule has 3 aromatic rings. The van der Waals surface area contributed by atoms with Crippen LogP contribution in [0, 0.1) is 0 Å². The van der Waals surface area contributed by atoms with Crippen LogP contribution in [0.1, 0.15) is 0 Å². The third kappa shape index (κ3) is 2.07.